The second-order valence-electron chi connectivity index (χ2n) is 4.84. The van der Waals surface area contributed by atoms with Crippen LogP contribution >= 0.6 is 0 Å². The van der Waals surface area contributed by atoms with Gasteiger partial charge in [-0.25, -0.2) is 9.78 Å². The number of benzene rings is 1. The van der Waals surface area contributed by atoms with Crippen molar-refractivity contribution in [2.45, 2.75) is 19.4 Å². The number of hydrogen-bond donors (Lipinski definition) is 1. The van der Waals surface area contributed by atoms with Gasteiger partial charge in [-0.15, -0.1) is 0 Å². The van der Waals surface area contributed by atoms with Gasteiger partial charge in [0.05, 0.1) is 12.7 Å². The number of amides is 2. The molecule has 0 unspecified atom stereocenters. The standard InChI is InChI=1S/C15H17N3O2/c19-15(18-8-4-5-9-18)17-11-14-16-10-13(20-14)12-6-2-1-3-7-12/h1-3,6-7,10H,4-5,8-9,11H2,(H,17,19). The monoisotopic (exact) mass is 271 g/mol. The molecule has 2 amide bonds. The largest absolute Gasteiger partial charge is 0.439 e. The SMILES string of the molecule is O=C(NCc1ncc(-c2ccccc2)o1)N1CCCC1. The molecular formula is C15H17N3O2. The molecular weight excluding hydrogens is 254 g/mol. The third-order valence-corrected chi connectivity index (χ3v) is 3.40. The highest BCUT2D eigenvalue weighted by Crippen LogP contribution is 2.19. The number of hydrogen-bond acceptors (Lipinski definition) is 3. The van der Waals surface area contributed by atoms with Crippen LogP contribution in [-0.2, 0) is 6.54 Å². The molecule has 0 saturated carbocycles. The number of rotatable bonds is 3. The highest BCUT2D eigenvalue weighted by atomic mass is 16.4. The molecule has 1 fully saturated rings. The lowest BCUT2D eigenvalue weighted by molar-refractivity contribution is 0.207. The zero-order valence-electron chi connectivity index (χ0n) is 11.2. The number of carbonyl (C=O) groups is 1. The van der Waals surface area contributed by atoms with Gasteiger partial charge in [-0.3, -0.25) is 0 Å². The van der Waals surface area contributed by atoms with Crippen LogP contribution in [0.2, 0.25) is 0 Å². The molecule has 1 aromatic heterocycles. The Morgan fingerprint density at radius 2 is 2.00 bits per heavy atom. The van der Waals surface area contributed by atoms with Gasteiger partial charge in [0.15, 0.2) is 5.76 Å². The highest BCUT2D eigenvalue weighted by molar-refractivity contribution is 5.74. The van der Waals surface area contributed by atoms with Crippen molar-refractivity contribution in [2.75, 3.05) is 13.1 Å². The Morgan fingerprint density at radius 3 is 2.75 bits per heavy atom. The maximum absolute atomic E-state index is 11.8. The molecule has 2 heterocycles. The summed E-state index contributed by atoms with van der Waals surface area (Å²) in [7, 11) is 0. The summed E-state index contributed by atoms with van der Waals surface area (Å²) in [6, 6.07) is 9.75. The van der Waals surface area contributed by atoms with Crippen LogP contribution in [0, 0.1) is 0 Å². The number of likely N-dealkylation sites (tertiary alicyclic amines) is 1. The summed E-state index contributed by atoms with van der Waals surface area (Å²) in [5.74, 6) is 1.24. The van der Waals surface area contributed by atoms with E-state index in [2.05, 4.69) is 10.3 Å². The minimum absolute atomic E-state index is 0.0399. The summed E-state index contributed by atoms with van der Waals surface area (Å²) < 4.78 is 5.64. The summed E-state index contributed by atoms with van der Waals surface area (Å²) in [4.78, 5) is 17.9. The predicted octanol–water partition coefficient (Wildman–Crippen LogP) is 2.65. The Hall–Kier alpha value is -2.30. The van der Waals surface area contributed by atoms with E-state index in [1.165, 1.54) is 0 Å². The average molecular weight is 271 g/mol. The maximum atomic E-state index is 11.8. The Kier molecular flexibility index (Phi) is 3.67. The van der Waals surface area contributed by atoms with Crippen molar-refractivity contribution in [2.24, 2.45) is 0 Å². The van der Waals surface area contributed by atoms with Gasteiger partial charge in [-0.1, -0.05) is 30.3 Å². The Morgan fingerprint density at radius 1 is 1.25 bits per heavy atom. The first-order valence-electron chi connectivity index (χ1n) is 6.86. The fraction of sp³-hybridized carbons (Fsp3) is 0.333. The molecule has 1 aliphatic heterocycles. The first-order chi connectivity index (χ1) is 9.83. The van der Waals surface area contributed by atoms with Gasteiger partial charge >= 0.3 is 6.03 Å². The average Bonchev–Trinajstić information content (AvgIpc) is 3.17. The number of urea groups is 1. The van der Waals surface area contributed by atoms with Crippen molar-refractivity contribution in [3.05, 3.63) is 42.4 Å². The van der Waals surface area contributed by atoms with Gasteiger partial charge in [0.25, 0.3) is 0 Å². The topological polar surface area (TPSA) is 58.4 Å². The molecule has 0 aliphatic carbocycles. The summed E-state index contributed by atoms with van der Waals surface area (Å²) in [6.45, 7) is 2.00. The van der Waals surface area contributed by atoms with Crippen LogP contribution in [0.25, 0.3) is 11.3 Å². The minimum Gasteiger partial charge on any atom is -0.439 e. The number of oxazole rings is 1. The molecule has 1 N–H and O–H groups in total. The van der Waals surface area contributed by atoms with E-state index in [4.69, 9.17) is 4.42 Å². The second kappa shape index (κ2) is 5.77. The van der Waals surface area contributed by atoms with Crippen LogP contribution < -0.4 is 5.32 Å². The van der Waals surface area contributed by atoms with Crippen LogP contribution in [0.1, 0.15) is 18.7 Å². The van der Waals surface area contributed by atoms with E-state index in [0.29, 0.717) is 12.4 Å². The zero-order chi connectivity index (χ0) is 13.8. The van der Waals surface area contributed by atoms with Gasteiger partial charge in [-0.05, 0) is 12.8 Å². The first kappa shape index (κ1) is 12.7. The lowest BCUT2D eigenvalue weighted by Crippen LogP contribution is -2.37. The highest BCUT2D eigenvalue weighted by Gasteiger charge is 2.17. The molecule has 1 saturated heterocycles. The number of nitrogens with one attached hydrogen (secondary N) is 1. The van der Waals surface area contributed by atoms with E-state index in [1.54, 1.807) is 6.20 Å². The Labute approximate surface area is 117 Å². The molecule has 0 radical (unpaired) electrons. The van der Waals surface area contributed by atoms with Crippen molar-refractivity contribution >= 4 is 6.03 Å². The quantitative estimate of drug-likeness (QED) is 0.933. The van der Waals surface area contributed by atoms with E-state index in [0.717, 1.165) is 37.3 Å². The van der Waals surface area contributed by atoms with Crippen molar-refractivity contribution in [3.63, 3.8) is 0 Å². The molecule has 5 heteroatoms. The van der Waals surface area contributed by atoms with E-state index in [9.17, 15) is 4.79 Å². The predicted molar refractivity (Wildman–Crippen MR) is 75.0 cm³/mol. The van der Waals surface area contributed by atoms with E-state index < -0.39 is 0 Å². The van der Waals surface area contributed by atoms with Crippen molar-refractivity contribution < 1.29 is 9.21 Å². The van der Waals surface area contributed by atoms with Gasteiger partial charge in [0, 0.05) is 18.7 Å². The summed E-state index contributed by atoms with van der Waals surface area (Å²) in [6.07, 6.45) is 3.86. The molecule has 0 spiro atoms. The molecule has 104 valence electrons. The van der Waals surface area contributed by atoms with Gasteiger partial charge in [0.2, 0.25) is 5.89 Å². The van der Waals surface area contributed by atoms with Crippen LogP contribution in [0.5, 0.6) is 0 Å². The molecule has 3 rings (SSSR count). The lowest BCUT2D eigenvalue weighted by Gasteiger charge is -2.15. The third kappa shape index (κ3) is 2.82. The second-order valence-corrected chi connectivity index (χ2v) is 4.84. The molecule has 1 aromatic carbocycles. The smallest absolute Gasteiger partial charge is 0.317 e. The molecule has 0 bridgehead atoms. The van der Waals surface area contributed by atoms with Crippen LogP contribution in [0.3, 0.4) is 0 Å². The van der Waals surface area contributed by atoms with Crippen LogP contribution in [0.4, 0.5) is 4.79 Å². The normalized spacial score (nSPS) is 14.5. The molecule has 2 aromatic rings. The van der Waals surface area contributed by atoms with E-state index in [-0.39, 0.29) is 6.03 Å². The Bertz CT molecular complexity index is 574. The van der Waals surface area contributed by atoms with Gasteiger partial charge in [0.1, 0.15) is 0 Å². The summed E-state index contributed by atoms with van der Waals surface area (Å²) >= 11 is 0. The first-order valence-corrected chi connectivity index (χ1v) is 6.86. The zero-order valence-corrected chi connectivity index (χ0v) is 11.2. The fourth-order valence-corrected chi connectivity index (χ4v) is 2.31. The molecule has 1 aliphatic rings. The van der Waals surface area contributed by atoms with Crippen molar-refractivity contribution in [1.29, 1.82) is 0 Å². The van der Waals surface area contributed by atoms with E-state index in [1.807, 2.05) is 35.2 Å². The maximum Gasteiger partial charge on any atom is 0.317 e. The Balaban J connectivity index is 1.59. The summed E-state index contributed by atoms with van der Waals surface area (Å²) in [5.41, 5.74) is 0.983. The number of nitrogens with zero attached hydrogens (tertiary/aromatic N) is 2. The van der Waals surface area contributed by atoms with E-state index >= 15 is 0 Å². The third-order valence-electron chi connectivity index (χ3n) is 3.40. The number of carbonyl (C=O) groups excluding carboxylic acids is 1. The number of aromatic nitrogens is 1. The van der Waals surface area contributed by atoms with Crippen molar-refractivity contribution in [3.8, 4) is 11.3 Å². The molecule has 5 nitrogen and oxygen atoms in total. The van der Waals surface area contributed by atoms with Gasteiger partial charge < -0.3 is 14.6 Å². The van der Waals surface area contributed by atoms with Crippen LogP contribution in [0.15, 0.2) is 40.9 Å². The fourth-order valence-electron chi connectivity index (χ4n) is 2.31. The molecule has 20 heavy (non-hydrogen) atoms. The van der Waals surface area contributed by atoms with Crippen LogP contribution in [-0.4, -0.2) is 29.0 Å². The minimum atomic E-state index is -0.0399. The summed E-state index contributed by atoms with van der Waals surface area (Å²) in [5, 5.41) is 2.84. The molecule has 0 atom stereocenters. The van der Waals surface area contributed by atoms with Crippen molar-refractivity contribution in [1.82, 2.24) is 15.2 Å². The van der Waals surface area contributed by atoms with Gasteiger partial charge in [-0.2, -0.15) is 0 Å². The lowest BCUT2D eigenvalue weighted by atomic mass is 10.2.